The van der Waals surface area contributed by atoms with Crippen LogP contribution in [0.4, 0.5) is 0 Å². The minimum absolute atomic E-state index is 0.928. The summed E-state index contributed by atoms with van der Waals surface area (Å²) in [4.78, 5) is 8.66. The van der Waals surface area contributed by atoms with Gasteiger partial charge in [-0.2, -0.15) is 0 Å². The van der Waals surface area contributed by atoms with Gasteiger partial charge in [0.1, 0.15) is 0 Å². The van der Waals surface area contributed by atoms with E-state index in [2.05, 4.69) is 57.5 Å². The van der Waals surface area contributed by atoms with Crippen molar-refractivity contribution >= 4 is 16.4 Å². The molecule has 3 heterocycles. The van der Waals surface area contributed by atoms with Crippen LogP contribution in [0.25, 0.3) is 38.8 Å². The molecular weight excluding hydrogens is 296 g/mol. The van der Waals surface area contributed by atoms with Crippen molar-refractivity contribution in [1.82, 2.24) is 19.6 Å². The molecule has 0 aliphatic carbocycles. The van der Waals surface area contributed by atoms with E-state index in [1.165, 1.54) is 10.8 Å². The number of fused-ring (bicyclic) bond motifs is 2. The van der Waals surface area contributed by atoms with Crippen LogP contribution in [-0.2, 0) is 0 Å². The smallest absolute Gasteiger partial charge is 0.161 e. The van der Waals surface area contributed by atoms with Crippen LogP contribution in [0.1, 0.15) is 0 Å². The third-order valence-electron chi connectivity index (χ3n) is 4.35. The van der Waals surface area contributed by atoms with Gasteiger partial charge in [0.15, 0.2) is 5.65 Å². The molecular formula is C20H14N4. The molecule has 5 aromatic rings. The molecule has 0 spiro atoms. The lowest BCUT2D eigenvalue weighted by molar-refractivity contribution is 0.978. The molecule has 2 aromatic carbocycles. The fourth-order valence-electron chi connectivity index (χ4n) is 3.21. The summed E-state index contributed by atoms with van der Waals surface area (Å²) >= 11 is 0. The van der Waals surface area contributed by atoms with E-state index in [0.717, 1.165) is 28.0 Å². The molecule has 114 valence electrons. The van der Waals surface area contributed by atoms with Gasteiger partial charge >= 0.3 is 0 Å². The van der Waals surface area contributed by atoms with E-state index in [0.29, 0.717) is 0 Å². The number of aromatic amines is 1. The van der Waals surface area contributed by atoms with Crippen LogP contribution in [0, 0.1) is 0 Å². The van der Waals surface area contributed by atoms with Crippen LogP contribution in [0.3, 0.4) is 0 Å². The molecule has 0 saturated heterocycles. The molecule has 4 nitrogen and oxygen atoms in total. The fourth-order valence-corrected chi connectivity index (χ4v) is 3.21. The Bertz CT molecular complexity index is 1150. The van der Waals surface area contributed by atoms with Crippen molar-refractivity contribution in [2.24, 2.45) is 0 Å². The number of nitrogens with zero attached hydrogens (tertiary/aromatic N) is 3. The lowest BCUT2D eigenvalue weighted by Crippen LogP contribution is -1.85. The molecule has 24 heavy (non-hydrogen) atoms. The highest BCUT2D eigenvalue weighted by atomic mass is 15.3. The van der Waals surface area contributed by atoms with Gasteiger partial charge in [-0.25, -0.2) is 9.50 Å². The summed E-state index contributed by atoms with van der Waals surface area (Å²) in [5.41, 5.74) is 5.33. The molecule has 0 atom stereocenters. The number of rotatable bonds is 2. The highest BCUT2D eigenvalue weighted by Crippen LogP contribution is 2.35. The zero-order chi connectivity index (χ0) is 15.9. The zero-order valence-electron chi connectivity index (χ0n) is 12.8. The molecule has 0 aliphatic heterocycles. The van der Waals surface area contributed by atoms with Crippen LogP contribution in [-0.4, -0.2) is 19.6 Å². The molecule has 0 saturated carbocycles. The summed E-state index contributed by atoms with van der Waals surface area (Å²) in [5.74, 6) is 0. The molecule has 1 N–H and O–H groups in total. The Morgan fingerprint density at radius 2 is 1.62 bits per heavy atom. The van der Waals surface area contributed by atoms with E-state index in [1.807, 2.05) is 41.4 Å². The quantitative estimate of drug-likeness (QED) is 0.520. The number of imidazole rings is 1. The van der Waals surface area contributed by atoms with Gasteiger partial charge in [-0.15, -0.1) is 0 Å². The maximum atomic E-state index is 4.54. The zero-order valence-corrected chi connectivity index (χ0v) is 12.8. The second kappa shape index (κ2) is 5.06. The lowest BCUT2D eigenvalue weighted by Gasteiger charge is -2.06. The number of H-pyrrole nitrogens is 1. The number of hydrogen-bond acceptors (Lipinski definition) is 2. The van der Waals surface area contributed by atoms with Crippen LogP contribution in [0.2, 0.25) is 0 Å². The Morgan fingerprint density at radius 1 is 0.792 bits per heavy atom. The third kappa shape index (κ3) is 1.93. The first kappa shape index (κ1) is 13.1. The normalized spacial score (nSPS) is 11.3. The van der Waals surface area contributed by atoms with E-state index in [4.69, 9.17) is 0 Å². The predicted octanol–water partition coefficient (Wildman–Crippen LogP) is 4.54. The average Bonchev–Trinajstić information content (AvgIpc) is 3.23. The first-order chi connectivity index (χ1) is 11.9. The summed E-state index contributed by atoms with van der Waals surface area (Å²) in [6, 6.07) is 19.0. The van der Waals surface area contributed by atoms with Gasteiger partial charge in [-0.05, 0) is 34.5 Å². The Kier molecular flexibility index (Phi) is 2.76. The van der Waals surface area contributed by atoms with E-state index in [1.54, 1.807) is 0 Å². The molecule has 0 fully saturated rings. The van der Waals surface area contributed by atoms with Gasteiger partial charge in [0.05, 0.1) is 11.3 Å². The maximum Gasteiger partial charge on any atom is 0.161 e. The van der Waals surface area contributed by atoms with Gasteiger partial charge in [-0.3, -0.25) is 10.1 Å². The van der Waals surface area contributed by atoms with Gasteiger partial charge in [0.2, 0.25) is 0 Å². The van der Waals surface area contributed by atoms with Crippen LogP contribution in [0.15, 0.2) is 79.4 Å². The summed E-state index contributed by atoms with van der Waals surface area (Å²) in [5, 5.41) is 5.89. The summed E-state index contributed by atoms with van der Waals surface area (Å²) in [6.45, 7) is 0. The van der Waals surface area contributed by atoms with Crippen LogP contribution in [0.5, 0.6) is 0 Å². The largest absolute Gasteiger partial charge is 0.292 e. The number of nitrogens with one attached hydrogen (secondary N) is 1. The second-order valence-electron chi connectivity index (χ2n) is 5.78. The summed E-state index contributed by atoms with van der Waals surface area (Å²) in [7, 11) is 0. The van der Waals surface area contributed by atoms with Crippen molar-refractivity contribution in [3.05, 3.63) is 79.4 Å². The molecule has 0 bridgehead atoms. The Morgan fingerprint density at radius 3 is 2.50 bits per heavy atom. The molecule has 0 radical (unpaired) electrons. The summed E-state index contributed by atoms with van der Waals surface area (Å²) < 4.78 is 1.96. The van der Waals surface area contributed by atoms with E-state index < -0.39 is 0 Å². The van der Waals surface area contributed by atoms with Gasteiger partial charge in [0, 0.05) is 30.4 Å². The maximum absolute atomic E-state index is 4.54. The number of benzene rings is 2. The fraction of sp³-hybridized carbons (Fsp3) is 0. The first-order valence-corrected chi connectivity index (χ1v) is 7.85. The van der Waals surface area contributed by atoms with Crippen molar-refractivity contribution in [3.63, 3.8) is 0 Å². The standard InChI is InChI=1S/C20H14N4/c1-2-4-16-13-17(6-5-14(16)3-1)18-19(15-7-9-21-10-8-15)23-24-12-11-22-20(18)24/h1-13,23H. The van der Waals surface area contributed by atoms with Crippen molar-refractivity contribution in [1.29, 1.82) is 0 Å². The first-order valence-electron chi connectivity index (χ1n) is 7.85. The van der Waals surface area contributed by atoms with E-state index >= 15 is 0 Å². The Balaban J connectivity index is 1.82. The van der Waals surface area contributed by atoms with Gasteiger partial charge in [-0.1, -0.05) is 36.4 Å². The van der Waals surface area contributed by atoms with Gasteiger partial charge in [0.25, 0.3) is 0 Å². The minimum Gasteiger partial charge on any atom is -0.292 e. The van der Waals surface area contributed by atoms with Crippen molar-refractivity contribution < 1.29 is 0 Å². The molecule has 3 aromatic heterocycles. The molecule has 5 rings (SSSR count). The highest BCUT2D eigenvalue weighted by Gasteiger charge is 2.16. The highest BCUT2D eigenvalue weighted by molar-refractivity contribution is 5.95. The molecule has 0 aliphatic rings. The molecule has 0 amide bonds. The minimum atomic E-state index is 0.928. The molecule has 0 unspecified atom stereocenters. The van der Waals surface area contributed by atoms with Crippen molar-refractivity contribution in [3.8, 4) is 22.4 Å². The molecule has 4 heteroatoms. The lowest BCUT2D eigenvalue weighted by atomic mass is 9.99. The van der Waals surface area contributed by atoms with Crippen LogP contribution < -0.4 is 0 Å². The van der Waals surface area contributed by atoms with E-state index in [-0.39, 0.29) is 0 Å². The third-order valence-corrected chi connectivity index (χ3v) is 4.35. The summed E-state index contributed by atoms with van der Waals surface area (Å²) in [6.07, 6.45) is 7.36. The Hall–Kier alpha value is -3.40. The average molecular weight is 310 g/mol. The van der Waals surface area contributed by atoms with E-state index in [9.17, 15) is 0 Å². The topological polar surface area (TPSA) is 46.0 Å². The van der Waals surface area contributed by atoms with Crippen LogP contribution >= 0.6 is 0 Å². The van der Waals surface area contributed by atoms with Crippen molar-refractivity contribution in [2.45, 2.75) is 0 Å². The van der Waals surface area contributed by atoms with Gasteiger partial charge < -0.3 is 0 Å². The monoisotopic (exact) mass is 310 g/mol. The Labute approximate surface area is 138 Å². The predicted molar refractivity (Wildman–Crippen MR) is 95.7 cm³/mol. The number of aromatic nitrogens is 4. The number of pyridine rings is 1. The second-order valence-corrected chi connectivity index (χ2v) is 5.78. The van der Waals surface area contributed by atoms with Crippen molar-refractivity contribution in [2.75, 3.05) is 0 Å². The number of hydrogen-bond donors (Lipinski definition) is 1. The SMILES string of the molecule is c1ccc2cc(-c3c(-c4ccncc4)[nH]n4ccnc34)ccc2c1.